The van der Waals surface area contributed by atoms with Gasteiger partial charge in [0.05, 0.1) is 10.6 Å². The van der Waals surface area contributed by atoms with E-state index in [1.165, 1.54) is 6.20 Å². The number of nitrogens with one attached hydrogen (secondary N) is 2. The van der Waals surface area contributed by atoms with E-state index >= 15 is 0 Å². The van der Waals surface area contributed by atoms with Crippen molar-refractivity contribution in [2.24, 2.45) is 0 Å². The fourth-order valence-corrected chi connectivity index (χ4v) is 1.68. The van der Waals surface area contributed by atoms with Crippen LogP contribution in [0.3, 0.4) is 0 Å². The van der Waals surface area contributed by atoms with Crippen molar-refractivity contribution >= 4 is 29.3 Å². The SMILES string of the molecule is CCCNc1cc(C(=O)Nc2ncccn2)c(Cl)cn1. The molecule has 2 rings (SSSR count). The average Bonchev–Trinajstić information content (AvgIpc) is 2.47. The molecule has 1 amide bonds. The van der Waals surface area contributed by atoms with Crippen LogP contribution >= 0.6 is 11.6 Å². The van der Waals surface area contributed by atoms with Crippen molar-refractivity contribution in [1.29, 1.82) is 0 Å². The van der Waals surface area contributed by atoms with Crippen LogP contribution in [0.2, 0.25) is 5.02 Å². The molecule has 104 valence electrons. The van der Waals surface area contributed by atoms with Crippen LogP contribution in [0.5, 0.6) is 0 Å². The number of anilines is 2. The monoisotopic (exact) mass is 291 g/mol. The van der Waals surface area contributed by atoms with Gasteiger partial charge in [-0.1, -0.05) is 18.5 Å². The highest BCUT2D eigenvalue weighted by Crippen LogP contribution is 2.19. The predicted octanol–water partition coefficient (Wildman–Crippen LogP) is 2.60. The maximum absolute atomic E-state index is 12.1. The molecule has 2 N–H and O–H groups in total. The molecule has 0 radical (unpaired) electrons. The fourth-order valence-electron chi connectivity index (χ4n) is 1.49. The minimum Gasteiger partial charge on any atom is -0.370 e. The molecule has 20 heavy (non-hydrogen) atoms. The van der Waals surface area contributed by atoms with Crippen molar-refractivity contribution in [3.8, 4) is 0 Å². The predicted molar refractivity (Wildman–Crippen MR) is 78.0 cm³/mol. The Hall–Kier alpha value is -2.21. The summed E-state index contributed by atoms with van der Waals surface area (Å²) in [5, 5.41) is 5.96. The summed E-state index contributed by atoms with van der Waals surface area (Å²) in [6, 6.07) is 3.28. The van der Waals surface area contributed by atoms with Crippen LogP contribution in [-0.4, -0.2) is 27.4 Å². The van der Waals surface area contributed by atoms with Crippen LogP contribution < -0.4 is 10.6 Å². The summed E-state index contributed by atoms with van der Waals surface area (Å²) in [4.78, 5) is 24.1. The average molecular weight is 292 g/mol. The van der Waals surface area contributed by atoms with E-state index in [0.29, 0.717) is 11.4 Å². The van der Waals surface area contributed by atoms with Gasteiger partial charge in [-0.3, -0.25) is 10.1 Å². The first kappa shape index (κ1) is 14.2. The number of aromatic nitrogens is 3. The maximum atomic E-state index is 12.1. The van der Waals surface area contributed by atoms with Gasteiger partial charge in [-0.25, -0.2) is 15.0 Å². The van der Waals surface area contributed by atoms with Crippen LogP contribution in [0.1, 0.15) is 23.7 Å². The molecule has 0 fully saturated rings. The van der Waals surface area contributed by atoms with Gasteiger partial charge in [0.25, 0.3) is 5.91 Å². The lowest BCUT2D eigenvalue weighted by atomic mass is 10.2. The molecule has 0 spiro atoms. The molecule has 2 aromatic heterocycles. The zero-order valence-corrected chi connectivity index (χ0v) is 11.7. The first-order valence-corrected chi connectivity index (χ1v) is 6.56. The number of pyridine rings is 1. The Morgan fingerprint density at radius 3 is 2.75 bits per heavy atom. The molecule has 0 aliphatic rings. The summed E-state index contributed by atoms with van der Waals surface area (Å²) in [5.41, 5.74) is 0.327. The summed E-state index contributed by atoms with van der Waals surface area (Å²) < 4.78 is 0. The van der Waals surface area contributed by atoms with Gasteiger partial charge in [0.2, 0.25) is 5.95 Å². The van der Waals surface area contributed by atoms with Gasteiger partial charge >= 0.3 is 0 Å². The topological polar surface area (TPSA) is 79.8 Å². The van der Waals surface area contributed by atoms with Crippen LogP contribution in [0.15, 0.2) is 30.7 Å². The Morgan fingerprint density at radius 2 is 2.05 bits per heavy atom. The summed E-state index contributed by atoms with van der Waals surface area (Å²) in [6.07, 6.45) is 5.50. The molecule has 0 aromatic carbocycles. The zero-order chi connectivity index (χ0) is 14.4. The second-order valence-electron chi connectivity index (χ2n) is 4.00. The Morgan fingerprint density at radius 1 is 1.30 bits per heavy atom. The molecule has 0 bridgehead atoms. The molecular formula is C13H14ClN5O. The van der Waals surface area contributed by atoms with E-state index in [9.17, 15) is 4.79 Å². The lowest BCUT2D eigenvalue weighted by Gasteiger charge is -2.08. The highest BCUT2D eigenvalue weighted by atomic mass is 35.5. The summed E-state index contributed by atoms with van der Waals surface area (Å²) in [6.45, 7) is 2.82. The number of hydrogen-bond donors (Lipinski definition) is 2. The molecule has 0 unspecified atom stereocenters. The molecule has 7 heteroatoms. The number of carbonyl (C=O) groups is 1. The number of hydrogen-bond acceptors (Lipinski definition) is 5. The van der Waals surface area contributed by atoms with Crippen molar-refractivity contribution in [3.63, 3.8) is 0 Å². The number of amides is 1. The van der Waals surface area contributed by atoms with Crippen molar-refractivity contribution in [3.05, 3.63) is 41.3 Å². The summed E-state index contributed by atoms with van der Waals surface area (Å²) in [5.74, 6) is 0.465. The summed E-state index contributed by atoms with van der Waals surface area (Å²) in [7, 11) is 0. The second kappa shape index (κ2) is 6.81. The number of rotatable bonds is 5. The van der Waals surface area contributed by atoms with Crippen molar-refractivity contribution in [2.75, 3.05) is 17.2 Å². The van der Waals surface area contributed by atoms with Gasteiger partial charge < -0.3 is 5.32 Å². The number of nitrogens with zero attached hydrogens (tertiary/aromatic N) is 3. The minimum absolute atomic E-state index is 0.230. The first-order chi connectivity index (χ1) is 9.70. The lowest BCUT2D eigenvalue weighted by molar-refractivity contribution is 0.102. The van der Waals surface area contributed by atoms with E-state index in [-0.39, 0.29) is 16.9 Å². The molecule has 2 aromatic rings. The molecule has 0 atom stereocenters. The van der Waals surface area contributed by atoms with Crippen molar-refractivity contribution in [2.45, 2.75) is 13.3 Å². The minimum atomic E-state index is -0.372. The second-order valence-corrected chi connectivity index (χ2v) is 4.41. The number of halogens is 1. The van der Waals surface area contributed by atoms with E-state index in [4.69, 9.17) is 11.6 Å². The van der Waals surface area contributed by atoms with Crippen LogP contribution in [-0.2, 0) is 0 Å². The van der Waals surface area contributed by atoms with Gasteiger partial charge in [0.15, 0.2) is 0 Å². The normalized spacial score (nSPS) is 10.1. The van der Waals surface area contributed by atoms with Crippen LogP contribution in [0.4, 0.5) is 11.8 Å². The van der Waals surface area contributed by atoms with Crippen LogP contribution in [0.25, 0.3) is 0 Å². The molecule has 0 aliphatic heterocycles. The molecule has 2 heterocycles. The van der Waals surface area contributed by atoms with E-state index in [1.54, 1.807) is 24.5 Å². The van der Waals surface area contributed by atoms with Crippen LogP contribution in [0, 0.1) is 0 Å². The third-order valence-corrected chi connectivity index (χ3v) is 2.75. The molecular weight excluding hydrogens is 278 g/mol. The molecule has 0 saturated carbocycles. The Labute approximate surface area is 121 Å². The Bertz CT molecular complexity index is 591. The molecule has 6 nitrogen and oxygen atoms in total. The maximum Gasteiger partial charge on any atom is 0.259 e. The quantitative estimate of drug-likeness (QED) is 0.885. The van der Waals surface area contributed by atoms with Gasteiger partial charge in [-0.05, 0) is 18.6 Å². The smallest absolute Gasteiger partial charge is 0.259 e. The van der Waals surface area contributed by atoms with E-state index in [2.05, 4.69) is 25.6 Å². The Kier molecular flexibility index (Phi) is 4.84. The van der Waals surface area contributed by atoms with Gasteiger partial charge in [-0.15, -0.1) is 0 Å². The van der Waals surface area contributed by atoms with Crippen molar-refractivity contribution < 1.29 is 4.79 Å². The lowest BCUT2D eigenvalue weighted by Crippen LogP contribution is -2.15. The van der Waals surface area contributed by atoms with E-state index < -0.39 is 0 Å². The van der Waals surface area contributed by atoms with Crippen molar-refractivity contribution in [1.82, 2.24) is 15.0 Å². The molecule has 0 aliphatic carbocycles. The highest BCUT2D eigenvalue weighted by molar-refractivity contribution is 6.34. The third-order valence-electron chi connectivity index (χ3n) is 2.45. The van der Waals surface area contributed by atoms with Gasteiger partial charge in [-0.2, -0.15) is 0 Å². The molecule has 0 saturated heterocycles. The third kappa shape index (κ3) is 3.64. The fraction of sp³-hybridized carbons (Fsp3) is 0.231. The summed E-state index contributed by atoms with van der Waals surface area (Å²) >= 11 is 6.00. The first-order valence-electron chi connectivity index (χ1n) is 6.18. The van der Waals surface area contributed by atoms with Gasteiger partial charge in [0, 0.05) is 25.1 Å². The van der Waals surface area contributed by atoms with Gasteiger partial charge in [0.1, 0.15) is 5.82 Å². The van der Waals surface area contributed by atoms with E-state index in [1.807, 2.05) is 6.92 Å². The standard InChI is InChI=1S/C13H14ClN5O/c1-2-4-15-11-7-9(10(14)8-18-11)12(20)19-13-16-5-3-6-17-13/h3,5-8H,2,4H2,1H3,(H,15,18)(H,16,17,19,20). The largest absolute Gasteiger partial charge is 0.370 e. The van der Waals surface area contributed by atoms with E-state index in [0.717, 1.165) is 13.0 Å². The number of carbonyl (C=O) groups excluding carboxylic acids is 1. The highest BCUT2D eigenvalue weighted by Gasteiger charge is 2.13. The zero-order valence-electron chi connectivity index (χ0n) is 10.9. The Balaban J connectivity index is 2.16.